The van der Waals surface area contributed by atoms with E-state index in [4.69, 9.17) is 22.1 Å². The van der Waals surface area contributed by atoms with E-state index >= 15 is 0 Å². The normalized spacial score (nSPS) is 15.2. The summed E-state index contributed by atoms with van der Waals surface area (Å²) in [5.41, 5.74) is 6.81. The molecule has 10 heteroatoms. The van der Waals surface area contributed by atoms with Crippen LogP contribution in [-0.4, -0.2) is 25.1 Å². The van der Waals surface area contributed by atoms with Crippen molar-refractivity contribution in [3.63, 3.8) is 0 Å². The second-order valence-electron chi connectivity index (χ2n) is 5.65. The van der Waals surface area contributed by atoms with Gasteiger partial charge in [-0.2, -0.15) is 0 Å². The molecule has 1 atom stereocenters. The lowest BCUT2D eigenvalue weighted by molar-refractivity contribution is -0.783. The summed E-state index contributed by atoms with van der Waals surface area (Å²) in [6, 6.07) is 11.2. The Morgan fingerprint density at radius 2 is 2.11 bits per heavy atom. The van der Waals surface area contributed by atoms with Crippen LogP contribution in [0.2, 0.25) is 5.02 Å². The molecule has 1 aliphatic rings. The standard InChI is InChI=1S/C17H19ClN6O3/c18-12-7-6-11(27-9-3-8-19)10-14(12)21-17(25)22-16-20-13-4-1-2-5-15(13)24(26)23-16/h1-2,4-7,10,24H,3,8-9,19H2,(H3,20,21,22,23,25). The number of ether oxygens (including phenoxy) is 1. The third kappa shape index (κ3) is 4.86. The Morgan fingerprint density at radius 1 is 1.30 bits per heavy atom. The van der Waals surface area contributed by atoms with Crippen molar-refractivity contribution < 1.29 is 14.7 Å². The van der Waals surface area contributed by atoms with Crippen molar-refractivity contribution in [1.82, 2.24) is 5.32 Å². The maximum atomic E-state index is 12.3. The summed E-state index contributed by atoms with van der Waals surface area (Å²) in [5.74, 6) is 0.586. The number of rotatable bonds is 5. The lowest BCUT2D eigenvalue weighted by Crippen LogP contribution is -2.98. The third-order valence-corrected chi connectivity index (χ3v) is 3.99. The monoisotopic (exact) mass is 390 g/mol. The minimum Gasteiger partial charge on any atom is -0.601 e. The lowest BCUT2D eigenvalue weighted by atomic mass is 10.2. The van der Waals surface area contributed by atoms with Crippen molar-refractivity contribution in [3.05, 3.63) is 52.7 Å². The van der Waals surface area contributed by atoms with Crippen molar-refractivity contribution in [2.24, 2.45) is 10.8 Å². The van der Waals surface area contributed by atoms with Crippen LogP contribution >= 0.6 is 11.6 Å². The average molecular weight is 391 g/mol. The predicted molar refractivity (Wildman–Crippen MR) is 104 cm³/mol. The zero-order valence-corrected chi connectivity index (χ0v) is 15.0. The topological polar surface area (TPSA) is 128 Å². The highest BCUT2D eigenvalue weighted by Crippen LogP contribution is 2.27. The molecule has 6 N–H and O–H groups in total. The zero-order valence-electron chi connectivity index (χ0n) is 14.3. The van der Waals surface area contributed by atoms with Gasteiger partial charge in [0.25, 0.3) is 5.96 Å². The number of benzene rings is 2. The van der Waals surface area contributed by atoms with E-state index in [0.717, 1.165) is 0 Å². The molecule has 0 saturated heterocycles. The van der Waals surface area contributed by atoms with Gasteiger partial charge in [0.05, 0.1) is 17.3 Å². The average Bonchev–Trinajstić information content (AvgIpc) is 2.64. The molecule has 0 aliphatic carbocycles. The molecule has 142 valence electrons. The minimum absolute atomic E-state index is 0.0303. The number of amides is 2. The quantitative estimate of drug-likeness (QED) is 0.391. The Hall–Kier alpha value is -2.85. The van der Waals surface area contributed by atoms with Gasteiger partial charge in [-0.3, -0.25) is 5.32 Å². The Bertz CT molecular complexity index is 860. The van der Waals surface area contributed by atoms with Gasteiger partial charge in [-0.15, -0.1) is 0 Å². The Kier molecular flexibility index (Phi) is 6.09. The van der Waals surface area contributed by atoms with Crippen molar-refractivity contribution in [2.45, 2.75) is 6.42 Å². The summed E-state index contributed by atoms with van der Waals surface area (Å²) in [7, 11) is 0. The summed E-state index contributed by atoms with van der Waals surface area (Å²) < 4.78 is 5.54. The van der Waals surface area contributed by atoms with E-state index in [1.54, 1.807) is 42.5 Å². The van der Waals surface area contributed by atoms with Gasteiger partial charge in [0.1, 0.15) is 11.4 Å². The fourth-order valence-corrected chi connectivity index (χ4v) is 2.54. The number of urea groups is 1. The van der Waals surface area contributed by atoms with E-state index in [9.17, 15) is 10.0 Å². The van der Waals surface area contributed by atoms with Gasteiger partial charge in [-0.25, -0.2) is 9.97 Å². The van der Waals surface area contributed by atoms with E-state index in [2.05, 4.69) is 21.1 Å². The molecule has 0 bridgehead atoms. The first-order chi connectivity index (χ1) is 13.1. The van der Waals surface area contributed by atoms with Crippen LogP contribution < -0.4 is 31.6 Å². The third-order valence-electron chi connectivity index (χ3n) is 3.66. The molecule has 9 nitrogen and oxygen atoms in total. The fourth-order valence-electron chi connectivity index (χ4n) is 2.38. The number of hydrogen-bond acceptors (Lipinski definition) is 6. The van der Waals surface area contributed by atoms with Crippen LogP contribution in [0.25, 0.3) is 0 Å². The molecule has 2 amide bonds. The predicted octanol–water partition coefficient (Wildman–Crippen LogP) is 1.60. The van der Waals surface area contributed by atoms with Gasteiger partial charge in [-0.05, 0) is 36.3 Å². The Balaban J connectivity index is 1.63. The summed E-state index contributed by atoms with van der Waals surface area (Å²) in [6.45, 7) is 0.990. The molecule has 0 aromatic heterocycles. The number of quaternary nitrogens is 1. The molecule has 0 radical (unpaired) electrons. The van der Waals surface area contributed by atoms with Gasteiger partial charge in [-0.1, -0.05) is 23.7 Å². The van der Waals surface area contributed by atoms with Crippen LogP contribution in [0.3, 0.4) is 0 Å². The molecule has 27 heavy (non-hydrogen) atoms. The minimum atomic E-state index is -0.602. The lowest BCUT2D eigenvalue weighted by Gasteiger charge is -2.24. The molecule has 2 aromatic carbocycles. The van der Waals surface area contributed by atoms with Crippen molar-refractivity contribution >= 4 is 40.7 Å². The van der Waals surface area contributed by atoms with Crippen LogP contribution in [0.1, 0.15) is 6.42 Å². The van der Waals surface area contributed by atoms with Gasteiger partial charge in [0, 0.05) is 12.1 Å². The van der Waals surface area contributed by atoms with Crippen LogP contribution in [0, 0.1) is 5.21 Å². The summed E-state index contributed by atoms with van der Waals surface area (Å²) in [4.78, 5) is 12.3. The molecule has 0 spiro atoms. The zero-order chi connectivity index (χ0) is 19.2. The molecule has 0 saturated carbocycles. The van der Waals surface area contributed by atoms with Crippen LogP contribution in [0.15, 0.2) is 47.6 Å². The number of para-hydroxylation sites is 1. The smallest absolute Gasteiger partial charge is 0.326 e. The highest BCUT2D eigenvalue weighted by molar-refractivity contribution is 6.33. The number of hydrogen-bond donors (Lipinski definition) is 5. The molecular weight excluding hydrogens is 372 g/mol. The van der Waals surface area contributed by atoms with Gasteiger partial charge < -0.3 is 26.3 Å². The second kappa shape index (κ2) is 8.69. The molecule has 3 rings (SSSR count). The Labute approximate surface area is 160 Å². The number of carbonyl (C=O) groups excluding carboxylic acids is 1. The first kappa shape index (κ1) is 18.9. The van der Waals surface area contributed by atoms with E-state index in [-0.39, 0.29) is 5.96 Å². The number of carbonyl (C=O) groups is 1. The number of fused-ring (bicyclic) bond motifs is 1. The SMILES string of the molecule is NCCCOc1ccc(Cl)c(NC(=O)NC2=N[NH+]([O-])c3ccccc3N2)c1. The first-order valence-corrected chi connectivity index (χ1v) is 8.64. The molecule has 0 fully saturated rings. The maximum Gasteiger partial charge on any atom is 0.326 e. The van der Waals surface area contributed by atoms with Gasteiger partial charge in [0.2, 0.25) is 0 Å². The summed E-state index contributed by atoms with van der Waals surface area (Å²) in [5, 5.41) is 23.7. The highest BCUT2D eigenvalue weighted by atomic mass is 35.5. The molecule has 1 aliphatic heterocycles. The Morgan fingerprint density at radius 3 is 2.93 bits per heavy atom. The van der Waals surface area contributed by atoms with Crippen LogP contribution in [-0.2, 0) is 0 Å². The number of nitrogens with two attached hydrogens (primary N) is 1. The number of nitrogens with zero attached hydrogens (tertiary/aromatic N) is 1. The molecule has 1 unspecified atom stereocenters. The number of guanidine groups is 1. The highest BCUT2D eigenvalue weighted by Gasteiger charge is 2.20. The van der Waals surface area contributed by atoms with Crippen molar-refractivity contribution in [2.75, 3.05) is 23.8 Å². The van der Waals surface area contributed by atoms with Crippen LogP contribution in [0.5, 0.6) is 5.75 Å². The fraction of sp³-hybridized carbons (Fsp3) is 0.176. The largest absolute Gasteiger partial charge is 0.601 e. The maximum absolute atomic E-state index is 12.3. The van der Waals surface area contributed by atoms with Crippen molar-refractivity contribution in [1.29, 1.82) is 0 Å². The number of nitrogens with one attached hydrogen (secondary N) is 4. The summed E-state index contributed by atoms with van der Waals surface area (Å²) >= 11 is 6.12. The van der Waals surface area contributed by atoms with E-state index in [0.29, 0.717) is 47.4 Å². The summed E-state index contributed by atoms with van der Waals surface area (Å²) in [6.07, 6.45) is 0.715. The molecular formula is C17H19ClN6O3. The van der Waals surface area contributed by atoms with Gasteiger partial charge in [0.15, 0.2) is 5.69 Å². The van der Waals surface area contributed by atoms with Crippen LogP contribution in [0.4, 0.5) is 21.9 Å². The van der Waals surface area contributed by atoms with E-state index in [1.807, 2.05) is 0 Å². The molecule has 1 heterocycles. The van der Waals surface area contributed by atoms with Crippen molar-refractivity contribution in [3.8, 4) is 5.75 Å². The van der Waals surface area contributed by atoms with E-state index < -0.39 is 11.2 Å². The first-order valence-electron chi connectivity index (χ1n) is 8.26. The van der Waals surface area contributed by atoms with E-state index in [1.165, 1.54) is 0 Å². The molecule has 2 aromatic rings. The number of halogens is 1. The van der Waals surface area contributed by atoms with Gasteiger partial charge >= 0.3 is 6.03 Å². The second-order valence-corrected chi connectivity index (χ2v) is 6.05. The number of anilines is 2.